The molecule has 3 aliphatic rings. The lowest BCUT2D eigenvalue weighted by molar-refractivity contribution is -0.121. The quantitative estimate of drug-likeness (QED) is 0.837. The van der Waals surface area contributed by atoms with Crippen LogP contribution in [0.4, 0.5) is 0 Å². The Bertz CT molecular complexity index is 745. The van der Waals surface area contributed by atoms with Crippen molar-refractivity contribution in [3.63, 3.8) is 0 Å². The van der Waals surface area contributed by atoms with Gasteiger partial charge in [-0.15, -0.1) is 0 Å². The average Bonchev–Trinajstić information content (AvgIpc) is 2.98. The second-order valence-electron chi connectivity index (χ2n) is 6.06. The van der Waals surface area contributed by atoms with Gasteiger partial charge in [0.05, 0.1) is 11.6 Å². The Kier molecular flexibility index (Phi) is 3.45. The summed E-state index contributed by atoms with van der Waals surface area (Å²) in [6, 6.07) is 7.57. The van der Waals surface area contributed by atoms with Gasteiger partial charge in [0.1, 0.15) is 5.76 Å². The summed E-state index contributed by atoms with van der Waals surface area (Å²) in [5, 5.41) is 0. The summed E-state index contributed by atoms with van der Waals surface area (Å²) in [5.74, 6) is 3.17. The van der Waals surface area contributed by atoms with Crippen molar-refractivity contribution in [2.24, 2.45) is 0 Å². The Morgan fingerprint density at radius 2 is 2.00 bits per heavy atom. The van der Waals surface area contributed by atoms with Gasteiger partial charge in [0.25, 0.3) is 0 Å². The van der Waals surface area contributed by atoms with Crippen LogP contribution in [0.3, 0.4) is 0 Å². The molecule has 1 unspecified atom stereocenters. The molecule has 4 rings (SSSR count). The normalized spacial score (nSPS) is 22.6. The average molecular weight is 309 g/mol. The highest BCUT2D eigenvalue weighted by Crippen LogP contribution is 2.40. The van der Waals surface area contributed by atoms with E-state index in [1.807, 2.05) is 36.4 Å². The van der Waals surface area contributed by atoms with E-state index in [-0.39, 0.29) is 11.8 Å². The smallest absolute Gasteiger partial charge is 0.204 e. The fourth-order valence-electron chi connectivity index (χ4n) is 3.40. The van der Waals surface area contributed by atoms with Gasteiger partial charge in [-0.05, 0) is 44.4 Å². The molecule has 23 heavy (non-hydrogen) atoms. The molecule has 1 fully saturated rings. The van der Waals surface area contributed by atoms with Crippen molar-refractivity contribution in [1.29, 1.82) is 0 Å². The van der Waals surface area contributed by atoms with Crippen LogP contribution < -0.4 is 9.47 Å². The highest BCUT2D eigenvalue weighted by atomic mass is 16.5. The third-order valence-corrected chi connectivity index (χ3v) is 4.52. The number of ketones is 1. The molecule has 0 spiro atoms. The fourth-order valence-corrected chi connectivity index (χ4v) is 3.40. The molecule has 1 saturated heterocycles. The highest BCUT2D eigenvalue weighted by Gasteiger charge is 2.35. The van der Waals surface area contributed by atoms with Crippen LogP contribution in [0, 0.1) is 0 Å². The number of likely N-dealkylation sites (tertiary alicyclic amines) is 1. The number of rotatable bonds is 2. The van der Waals surface area contributed by atoms with E-state index in [1.165, 1.54) is 0 Å². The van der Waals surface area contributed by atoms with Crippen molar-refractivity contribution in [2.45, 2.75) is 32.2 Å². The van der Waals surface area contributed by atoms with Gasteiger partial charge in [-0.3, -0.25) is 4.79 Å². The van der Waals surface area contributed by atoms with Crippen LogP contribution in [0.5, 0.6) is 11.5 Å². The molecule has 2 heterocycles. The van der Waals surface area contributed by atoms with Crippen LogP contribution in [0.15, 0.2) is 59.7 Å². The molecule has 1 aromatic carbocycles. The highest BCUT2D eigenvalue weighted by molar-refractivity contribution is 5.82. The molecule has 0 bridgehead atoms. The molecule has 0 saturated carbocycles. The molecule has 2 aliphatic heterocycles. The van der Waals surface area contributed by atoms with E-state index < -0.39 is 0 Å². The number of Topliss-reactive ketones (excluding diaryl/α,β-unsaturated/α-hetero) is 1. The Balaban J connectivity index is 1.82. The van der Waals surface area contributed by atoms with E-state index in [1.54, 1.807) is 6.92 Å². The zero-order chi connectivity index (χ0) is 15.8. The van der Waals surface area contributed by atoms with Gasteiger partial charge in [-0.25, -0.2) is 0 Å². The summed E-state index contributed by atoms with van der Waals surface area (Å²) < 4.78 is 12.3. The largest absolute Gasteiger partial charge is 0.453 e. The van der Waals surface area contributed by atoms with Crippen LogP contribution in [0.2, 0.25) is 0 Å². The first kappa shape index (κ1) is 14.1. The minimum Gasteiger partial charge on any atom is -0.453 e. The number of hydrogen-bond acceptors (Lipinski definition) is 4. The summed E-state index contributed by atoms with van der Waals surface area (Å²) in [6.45, 7) is 2.50. The minimum absolute atomic E-state index is 0.102. The number of hydrogen-bond donors (Lipinski definition) is 0. The van der Waals surface area contributed by atoms with Gasteiger partial charge < -0.3 is 14.4 Å². The number of carbonyl (C=O) groups is 1. The predicted molar refractivity (Wildman–Crippen MR) is 87.0 cm³/mol. The van der Waals surface area contributed by atoms with Crippen molar-refractivity contribution in [3.8, 4) is 11.5 Å². The van der Waals surface area contributed by atoms with E-state index in [4.69, 9.17) is 9.47 Å². The predicted octanol–water partition coefficient (Wildman–Crippen LogP) is 3.57. The first-order valence-electron chi connectivity index (χ1n) is 8.06. The first-order chi connectivity index (χ1) is 11.2. The number of carbonyl (C=O) groups excluding carboxylic acids is 1. The van der Waals surface area contributed by atoms with E-state index in [0.717, 1.165) is 43.0 Å². The number of para-hydroxylation sites is 2. The third-order valence-electron chi connectivity index (χ3n) is 4.52. The lowest BCUT2D eigenvalue weighted by atomic mass is 10.0. The maximum Gasteiger partial charge on any atom is 0.204 e. The second-order valence-corrected chi connectivity index (χ2v) is 6.06. The van der Waals surface area contributed by atoms with Gasteiger partial charge in [0.15, 0.2) is 17.3 Å². The Hall–Kier alpha value is -2.49. The Morgan fingerprint density at radius 3 is 2.78 bits per heavy atom. The first-order valence-corrected chi connectivity index (χ1v) is 8.06. The Labute approximate surface area is 135 Å². The summed E-state index contributed by atoms with van der Waals surface area (Å²) in [4.78, 5) is 14.1. The van der Waals surface area contributed by atoms with Gasteiger partial charge in [0.2, 0.25) is 5.88 Å². The van der Waals surface area contributed by atoms with Gasteiger partial charge >= 0.3 is 0 Å². The molecule has 0 aromatic heterocycles. The lowest BCUT2D eigenvalue weighted by Crippen LogP contribution is -2.36. The van der Waals surface area contributed by atoms with Crippen LogP contribution in [0.1, 0.15) is 26.2 Å². The molecular formula is C19H19NO3. The van der Waals surface area contributed by atoms with Crippen LogP contribution in [-0.2, 0) is 4.79 Å². The molecule has 0 radical (unpaired) electrons. The minimum atomic E-state index is -0.102. The summed E-state index contributed by atoms with van der Waals surface area (Å²) in [5.41, 5.74) is 1.01. The third kappa shape index (κ3) is 2.44. The number of fused-ring (bicyclic) bond motifs is 2. The molecule has 0 N–H and O–H groups in total. The van der Waals surface area contributed by atoms with Gasteiger partial charge in [0, 0.05) is 6.54 Å². The molecule has 4 heteroatoms. The molecule has 1 aromatic rings. The number of ether oxygens (including phenoxy) is 2. The van der Waals surface area contributed by atoms with E-state index >= 15 is 0 Å². The number of nitrogens with zero attached hydrogens (tertiary/aromatic N) is 1. The van der Waals surface area contributed by atoms with Gasteiger partial charge in [-0.2, -0.15) is 0 Å². The monoisotopic (exact) mass is 309 g/mol. The number of allylic oxidation sites excluding steroid dienone is 4. The van der Waals surface area contributed by atoms with Crippen molar-refractivity contribution in [3.05, 3.63) is 59.7 Å². The van der Waals surface area contributed by atoms with Crippen molar-refractivity contribution >= 4 is 5.78 Å². The second kappa shape index (κ2) is 5.61. The molecule has 4 nitrogen and oxygen atoms in total. The molecular weight excluding hydrogens is 290 g/mol. The van der Waals surface area contributed by atoms with Crippen molar-refractivity contribution in [1.82, 2.24) is 4.90 Å². The van der Waals surface area contributed by atoms with Crippen LogP contribution >= 0.6 is 0 Å². The maximum absolute atomic E-state index is 12.0. The topological polar surface area (TPSA) is 38.8 Å². The molecule has 118 valence electrons. The van der Waals surface area contributed by atoms with Crippen LogP contribution in [0.25, 0.3) is 0 Å². The zero-order valence-electron chi connectivity index (χ0n) is 13.1. The molecule has 0 amide bonds. The van der Waals surface area contributed by atoms with E-state index in [0.29, 0.717) is 11.5 Å². The van der Waals surface area contributed by atoms with E-state index in [9.17, 15) is 4.79 Å². The summed E-state index contributed by atoms with van der Waals surface area (Å²) in [7, 11) is 0. The summed E-state index contributed by atoms with van der Waals surface area (Å²) >= 11 is 0. The zero-order valence-corrected chi connectivity index (χ0v) is 13.1. The molecule has 1 aliphatic carbocycles. The Morgan fingerprint density at radius 1 is 1.22 bits per heavy atom. The SMILES string of the molecule is CC(=O)C1CCCN1C1=C2CC=CC=C2Oc2ccccc2O1. The maximum atomic E-state index is 12.0. The fraction of sp³-hybridized carbons (Fsp3) is 0.316. The van der Waals surface area contributed by atoms with Gasteiger partial charge in [-0.1, -0.05) is 24.3 Å². The van der Waals surface area contributed by atoms with Crippen molar-refractivity contribution < 1.29 is 14.3 Å². The number of benzene rings is 1. The standard InChI is InChI=1S/C19H19NO3/c1-13(21)15-8-6-12-20(15)19-14-7-2-3-9-16(14)22-17-10-4-5-11-18(17)23-19/h2-5,9-11,15H,6-8,12H2,1H3. The van der Waals surface area contributed by atoms with Crippen molar-refractivity contribution in [2.75, 3.05) is 6.54 Å². The van der Waals surface area contributed by atoms with Crippen LogP contribution in [-0.4, -0.2) is 23.3 Å². The molecule has 1 atom stereocenters. The van der Waals surface area contributed by atoms with E-state index in [2.05, 4.69) is 11.0 Å². The lowest BCUT2D eigenvalue weighted by Gasteiger charge is -2.28. The summed E-state index contributed by atoms with van der Waals surface area (Å²) in [6.07, 6.45) is 8.67.